The van der Waals surface area contributed by atoms with E-state index >= 15 is 0 Å². The number of benzene rings is 1. The van der Waals surface area contributed by atoms with Gasteiger partial charge in [-0.2, -0.15) is 0 Å². The molecule has 1 aliphatic rings. The number of carbonyl (C=O) groups excluding carboxylic acids is 1. The second-order valence-electron chi connectivity index (χ2n) is 5.64. The van der Waals surface area contributed by atoms with Crippen molar-refractivity contribution < 1.29 is 9.53 Å². The molecule has 2 heterocycles. The standard InChI is InChI=1S/C17H20N4O2/c1-13-7-5-6-12-21(13)16-11-10-15(19-20-16)18-17(22)23-14-8-3-2-4-9-14/h2-4,8-11,13H,5-7,12H2,1H3,(H,18,19,22). The number of aromatic nitrogens is 2. The van der Waals surface area contributed by atoms with Gasteiger partial charge in [0.2, 0.25) is 0 Å². The van der Waals surface area contributed by atoms with Crippen LogP contribution in [0.1, 0.15) is 26.2 Å². The third-order valence-corrected chi connectivity index (χ3v) is 3.93. The molecule has 120 valence electrons. The third-order valence-electron chi connectivity index (χ3n) is 3.93. The maximum absolute atomic E-state index is 11.8. The van der Waals surface area contributed by atoms with Gasteiger partial charge in [0.25, 0.3) is 0 Å². The predicted octanol–water partition coefficient (Wildman–Crippen LogP) is 3.47. The molecular formula is C17H20N4O2. The Morgan fingerprint density at radius 1 is 1.17 bits per heavy atom. The van der Waals surface area contributed by atoms with E-state index in [0.717, 1.165) is 12.4 Å². The lowest BCUT2D eigenvalue weighted by Gasteiger charge is -2.33. The molecule has 1 amide bonds. The van der Waals surface area contributed by atoms with Crippen LogP contribution in [0.3, 0.4) is 0 Å². The number of nitrogens with one attached hydrogen (secondary N) is 1. The molecule has 6 heteroatoms. The van der Waals surface area contributed by atoms with Crippen LogP contribution in [0.5, 0.6) is 5.75 Å². The van der Waals surface area contributed by atoms with Crippen molar-refractivity contribution in [2.75, 3.05) is 16.8 Å². The van der Waals surface area contributed by atoms with Gasteiger partial charge < -0.3 is 9.64 Å². The number of anilines is 2. The van der Waals surface area contributed by atoms with Gasteiger partial charge in [-0.1, -0.05) is 18.2 Å². The Bertz CT molecular complexity index is 645. The Hall–Kier alpha value is -2.63. The Morgan fingerprint density at radius 2 is 2.00 bits per heavy atom. The van der Waals surface area contributed by atoms with Crippen LogP contribution in [0.25, 0.3) is 0 Å². The second kappa shape index (κ2) is 7.09. The van der Waals surface area contributed by atoms with E-state index in [0.29, 0.717) is 17.6 Å². The number of hydrogen-bond donors (Lipinski definition) is 1. The van der Waals surface area contributed by atoms with Crippen LogP contribution in [-0.2, 0) is 0 Å². The number of amides is 1. The van der Waals surface area contributed by atoms with Crippen molar-refractivity contribution >= 4 is 17.7 Å². The van der Waals surface area contributed by atoms with E-state index < -0.39 is 6.09 Å². The molecule has 2 aromatic rings. The van der Waals surface area contributed by atoms with Crippen molar-refractivity contribution in [1.82, 2.24) is 10.2 Å². The number of hydrogen-bond acceptors (Lipinski definition) is 5. The minimum absolute atomic E-state index is 0.374. The molecule has 23 heavy (non-hydrogen) atoms. The van der Waals surface area contributed by atoms with Gasteiger partial charge in [0.1, 0.15) is 5.75 Å². The lowest BCUT2D eigenvalue weighted by Crippen LogP contribution is -2.38. The second-order valence-corrected chi connectivity index (χ2v) is 5.64. The van der Waals surface area contributed by atoms with Gasteiger partial charge in [0.05, 0.1) is 0 Å². The van der Waals surface area contributed by atoms with Crippen LogP contribution in [-0.4, -0.2) is 28.9 Å². The Labute approximate surface area is 135 Å². The van der Waals surface area contributed by atoms with E-state index in [4.69, 9.17) is 4.74 Å². The van der Waals surface area contributed by atoms with Crippen LogP contribution in [0.2, 0.25) is 0 Å². The summed E-state index contributed by atoms with van der Waals surface area (Å²) in [5, 5.41) is 10.9. The highest BCUT2D eigenvalue weighted by Gasteiger charge is 2.19. The number of carbonyl (C=O) groups is 1. The maximum atomic E-state index is 11.8. The van der Waals surface area contributed by atoms with E-state index in [9.17, 15) is 4.79 Å². The largest absolute Gasteiger partial charge is 0.418 e. The summed E-state index contributed by atoms with van der Waals surface area (Å²) in [6.45, 7) is 3.20. The maximum Gasteiger partial charge on any atom is 0.418 e. The van der Waals surface area contributed by atoms with E-state index in [1.54, 1.807) is 30.3 Å². The smallest absolute Gasteiger partial charge is 0.410 e. The van der Waals surface area contributed by atoms with E-state index in [1.165, 1.54) is 19.3 Å². The van der Waals surface area contributed by atoms with Crippen LogP contribution < -0.4 is 15.0 Å². The molecule has 3 rings (SSSR count). The first-order chi connectivity index (χ1) is 11.2. The molecule has 6 nitrogen and oxygen atoms in total. The molecule has 0 radical (unpaired) electrons. The van der Waals surface area contributed by atoms with Crippen molar-refractivity contribution in [2.24, 2.45) is 0 Å². The van der Waals surface area contributed by atoms with Crippen molar-refractivity contribution in [3.8, 4) is 5.75 Å². The Morgan fingerprint density at radius 3 is 2.70 bits per heavy atom. The average Bonchev–Trinajstić information content (AvgIpc) is 2.57. The summed E-state index contributed by atoms with van der Waals surface area (Å²) in [6.07, 6.45) is 3.03. The molecule has 1 aromatic carbocycles. The molecule has 1 aliphatic heterocycles. The molecule has 1 unspecified atom stereocenters. The highest BCUT2D eigenvalue weighted by atomic mass is 16.6. The summed E-state index contributed by atoms with van der Waals surface area (Å²) in [5.74, 6) is 1.70. The lowest BCUT2D eigenvalue weighted by molar-refractivity contribution is 0.215. The summed E-state index contributed by atoms with van der Waals surface area (Å²) in [7, 11) is 0. The Balaban J connectivity index is 1.60. The fourth-order valence-corrected chi connectivity index (χ4v) is 2.71. The molecule has 0 saturated carbocycles. The van der Waals surface area contributed by atoms with Gasteiger partial charge in [-0.15, -0.1) is 10.2 Å². The molecule has 0 aliphatic carbocycles. The number of para-hydroxylation sites is 1. The number of ether oxygens (including phenoxy) is 1. The molecule has 1 saturated heterocycles. The summed E-state index contributed by atoms with van der Waals surface area (Å²) >= 11 is 0. The summed E-state index contributed by atoms with van der Waals surface area (Å²) in [4.78, 5) is 14.1. The predicted molar refractivity (Wildman–Crippen MR) is 88.8 cm³/mol. The Kier molecular flexibility index (Phi) is 4.71. The highest BCUT2D eigenvalue weighted by molar-refractivity contribution is 5.85. The minimum Gasteiger partial charge on any atom is -0.410 e. The molecule has 1 aromatic heterocycles. The molecule has 1 atom stereocenters. The summed E-state index contributed by atoms with van der Waals surface area (Å²) < 4.78 is 5.15. The number of rotatable bonds is 3. The topological polar surface area (TPSA) is 67.4 Å². The molecule has 0 bridgehead atoms. The first-order valence-corrected chi connectivity index (χ1v) is 7.86. The zero-order chi connectivity index (χ0) is 16.1. The summed E-state index contributed by atoms with van der Waals surface area (Å²) in [5.41, 5.74) is 0. The highest BCUT2D eigenvalue weighted by Crippen LogP contribution is 2.22. The molecule has 1 fully saturated rings. The van der Waals surface area contributed by atoms with Crippen molar-refractivity contribution in [1.29, 1.82) is 0 Å². The van der Waals surface area contributed by atoms with Gasteiger partial charge in [0.15, 0.2) is 11.6 Å². The zero-order valence-electron chi connectivity index (χ0n) is 13.1. The van der Waals surface area contributed by atoms with Crippen molar-refractivity contribution in [3.63, 3.8) is 0 Å². The van der Waals surface area contributed by atoms with Gasteiger partial charge in [-0.3, -0.25) is 5.32 Å². The van der Waals surface area contributed by atoms with Crippen LogP contribution in [0, 0.1) is 0 Å². The number of piperidine rings is 1. The van der Waals surface area contributed by atoms with Crippen molar-refractivity contribution in [2.45, 2.75) is 32.2 Å². The van der Waals surface area contributed by atoms with E-state index in [1.807, 2.05) is 12.1 Å². The molecular weight excluding hydrogens is 292 g/mol. The first kappa shape index (κ1) is 15.3. The SMILES string of the molecule is CC1CCCCN1c1ccc(NC(=O)Oc2ccccc2)nn1. The quantitative estimate of drug-likeness (QED) is 0.940. The lowest BCUT2D eigenvalue weighted by atomic mass is 10.0. The van der Waals surface area contributed by atoms with Crippen LogP contribution in [0.4, 0.5) is 16.4 Å². The van der Waals surface area contributed by atoms with Gasteiger partial charge in [-0.05, 0) is 50.5 Å². The van der Waals surface area contributed by atoms with Crippen LogP contribution >= 0.6 is 0 Å². The van der Waals surface area contributed by atoms with Gasteiger partial charge >= 0.3 is 6.09 Å². The van der Waals surface area contributed by atoms with E-state index in [-0.39, 0.29) is 0 Å². The van der Waals surface area contributed by atoms with Crippen LogP contribution in [0.15, 0.2) is 42.5 Å². The van der Waals surface area contributed by atoms with Crippen molar-refractivity contribution in [3.05, 3.63) is 42.5 Å². The third kappa shape index (κ3) is 3.97. The average molecular weight is 312 g/mol. The monoisotopic (exact) mass is 312 g/mol. The normalized spacial score (nSPS) is 17.6. The number of nitrogens with zero attached hydrogens (tertiary/aromatic N) is 3. The first-order valence-electron chi connectivity index (χ1n) is 7.86. The van der Waals surface area contributed by atoms with Gasteiger partial charge in [0, 0.05) is 12.6 Å². The minimum atomic E-state index is -0.579. The van der Waals surface area contributed by atoms with E-state index in [2.05, 4.69) is 27.3 Å². The summed E-state index contributed by atoms with van der Waals surface area (Å²) in [6, 6.07) is 13.0. The molecule has 1 N–H and O–H groups in total. The zero-order valence-corrected chi connectivity index (χ0v) is 13.1. The fraction of sp³-hybridized carbons (Fsp3) is 0.353. The van der Waals surface area contributed by atoms with Gasteiger partial charge in [-0.25, -0.2) is 4.79 Å². The molecule has 0 spiro atoms. The fourth-order valence-electron chi connectivity index (χ4n) is 2.71.